The Labute approximate surface area is 120 Å². The first-order valence-electron chi connectivity index (χ1n) is 5.87. The van der Waals surface area contributed by atoms with Gasteiger partial charge in [-0.2, -0.15) is 0 Å². The maximum atomic E-state index is 6.20. The SMILES string of the molecule is Cc1ccncc1-c1csc(-c2ccccc2Cl)n1. The third-order valence-electron chi connectivity index (χ3n) is 2.92. The van der Waals surface area contributed by atoms with E-state index in [1.165, 1.54) is 5.56 Å². The Balaban J connectivity index is 2.06. The number of hydrogen-bond acceptors (Lipinski definition) is 3. The Morgan fingerprint density at radius 3 is 2.74 bits per heavy atom. The van der Waals surface area contributed by atoms with E-state index in [9.17, 15) is 0 Å². The second kappa shape index (κ2) is 5.11. The summed E-state index contributed by atoms with van der Waals surface area (Å²) in [7, 11) is 0. The van der Waals surface area contributed by atoms with E-state index in [1.807, 2.05) is 41.9 Å². The first-order chi connectivity index (χ1) is 9.25. The third-order valence-corrected chi connectivity index (χ3v) is 4.13. The summed E-state index contributed by atoms with van der Waals surface area (Å²) in [4.78, 5) is 8.83. The lowest BCUT2D eigenvalue weighted by Crippen LogP contribution is -1.85. The Morgan fingerprint density at radius 2 is 1.95 bits per heavy atom. The van der Waals surface area contributed by atoms with E-state index in [4.69, 9.17) is 11.6 Å². The quantitative estimate of drug-likeness (QED) is 0.674. The Morgan fingerprint density at radius 1 is 1.11 bits per heavy atom. The van der Waals surface area contributed by atoms with Gasteiger partial charge in [-0.25, -0.2) is 4.98 Å². The minimum absolute atomic E-state index is 0.728. The van der Waals surface area contributed by atoms with Crippen LogP contribution in [-0.4, -0.2) is 9.97 Å². The summed E-state index contributed by atoms with van der Waals surface area (Å²) in [6.45, 7) is 2.06. The lowest BCUT2D eigenvalue weighted by molar-refractivity contribution is 1.27. The van der Waals surface area contributed by atoms with Gasteiger partial charge in [0.25, 0.3) is 0 Å². The first-order valence-corrected chi connectivity index (χ1v) is 7.13. The van der Waals surface area contributed by atoms with Gasteiger partial charge in [0.05, 0.1) is 10.7 Å². The maximum Gasteiger partial charge on any atom is 0.125 e. The molecule has 3 aromatic rings. The van der Waals surface area contributed by atoms with Gasteiger partial charge in [0.15, 0.2) is 0 Å². The highest BCUT2D eigenvalue weighted by Crippen LogP contribution is 2.33. The van der Waals surface area contributed by atoms with Crippen LogP contribution in [0.5, 0.6) is 0 Å². The minimum atomic E-state index is 0.728. The highest BCUT2D eigenvalue weighted by molar-refractivity contribution is 7.13. The summed E-state index contributed by atoms with van der Waals surface area (Å²) < 4.78 is 0. The van der Waals surface area contributed by atoms with Crippen LogP contribution >= 0.6 is 22.9 Å². The van der Waals surface area contributed by atoms with Gasteiger partial charge in [-0.15, -0.1) is 11.3 Å². The predicted molar refractivity (Wildman–Crippen MR) is 80.5 cm³/mol. The standard InChI is InChI=1S/C15H11ClN2S/c1-10-6-7-17-8-12(10)14-9-19-15(18-14)11-4-2-3-5-13(11)16/h2-9H,1H3. The lowest BCUT2D eigenvalue weighted by atomic mass is 10.1. The molecule has 0 N–H and O–H groups in total. The zero-order valence-corrected chi connectivity index (χ0v) is 11.9. The average molecular weight is 287 g/mol. The average Bonchev–Trinajstić information content (AvgIpc) is 2.89. The molecule has 0 radical (unpaired) electrons. The van der Waals surface area contributed by atoms with E-state index in [0.29, 0.717) is 0 Å². The van der Waals surface area contributed by atoms with E-state index >= 15 is 0 Å². The van der Waals surface area contributed by atoms with Crippen molar-refractivity contribution in [3.05, 3.63) is 58.7 Å². The summed E-state index contributed by atoms with van der Waals surface area (Å²) in [6.07, 6.45) is 3.64. The molecular weight excluding hydrogens is 276 g/mol. The molecule has 19 heavy (non-hydrogen) atoms. The number of halogens is 1. The molecule has 0 fully saturated rings. The number of aryl methyl sites for hydroxylation is 1. The maximum absolute atomic E-state index is 6.20. The van der Waals surface area contributed by atoms with E-state index in [1.54, 1.807) is 17.5 Å². The number of aromatic nitrogens is 2. The molecule has 2 nitrogen and oxygen atoms in total. The fourth-order valence-electron chi connectivity index (χ4n) is 1.89. The molecule has 0 atom stereocenters. The Kier molecular flexibility index (Phi) is 3.32. The molecule has 4 heteroatoms. The van der Waals surface area contributed by atoms with Gasteiger partial charge in [-0.3, -0.25) is 4.98 Å². The highest BCUT2D eigenvalue weighted by atomic mass is 35.5. The van der Waals surface area contributed by atoms with Crippen LogP contribution in [0.25, 0.3) is 21.8 Å². The van der Waals surface area contributed by atoms with Gasteiger partial charge < -0.3 is 0 Å². The molecule has 2 heterocycles. The van der Waals surface area contributed by atoms with Crippen LogP contribution < -0.4 is 0 Å². The summed E-state index contributed by atoms with van der Waals surface area (Å²) in [5.74, 6) is 0. The molecule has 0 aliphatic heterocycles. The smallest absolute Gasteiger partial charge is 0.125 e. The second-order valence-corrected chi connectivity index (χ2v) is 5.47. The fraction of sp³-hybridized carbons (Fsp3) is 0.0667. The van der Waals surface area contributed by atoms with Crippen molar-refractivity contribution in [2.45, 2.75) is 6.92 Å². The van der Waals surface area contributed by atoms with Crippen molar-refractivity contribution in [1.82, 2.24) is 9.97 Å². The van der Waals surface area contributed by atoms with Crippen LogP contribution in [0.2, 0.25) is 5.02 Å². The van der Waals surface area contributed by atoms with Gasteiger partial charge in [0.2, 0.25) is 0 Å². The molecule has 0 saturated heterocycles. The molecule has 0 aliphatic carbocycles. The summed E-state index contributed by atoms with van der Waals surface area (Å²) in [6, 6.07) is 9.75. The van der Waals surface area contributed by atoms with E-state index in [0.717, 1.165) is 26.9 Å². The number of rotatable bonds is 2. The molecule has 2 aromatic heterocycles. The molecular formula is C15H11ClN2S. The lowest BCUT2D eigenvalue weighted by Gasteiger charge is -2.01. The number of thiazole rings is 1. The summed E-state index contributed by atoms with van der Waals surface area (Å²) in [5.41, 5.74) is 4.16. The molecule has 0 amide bonds. The molecule has 3 rings (SSSR count). The van der Waals surface area contributed by atoms with E-state index in [2.05, 4.69) is 16.9 Å². The van der Waals surface area contributed by atoms with Gasteiger partial charge in [0, 0.05) is 28.9 Å². The van der Waals surface area contributed by atoms with Crippen LogP contribution in [0.3, 0.4) is 0 Å². The zero-order valence-electron chi connectivity index (χ0n) is 10.3. The van der Waals surface area contributed by atoms with Crippen LogP contribution in [0.1, 0.15) is 5.56 Å². The zero-order chi connectivity index (χ0) is 13.2. The van der Waals surface area contributed by atoms with Crippen LogP contribution in [0.4, 0.5) is 0 Å². The molecule has 0 aliphatic rings. The molecule has 0 saturated carbocycles. The van der Waals surface area contributed by atoms with Crippen LogP contribution in [0.15, 0.2) is 48.1 Å². The summed E-state index contributed by atoms with van der Waals surface area (Å²) >= 11 is 7.80. The van der Waals surface area contributed by atoms with Crippen LogP contribution in [-0.2, 0) is 0 Å². The Bertz CT molecular complexity index is 661. The van der Waals surface area contributed by atoms with Crippen LogP contribution in [0, 0.1) is 6.92 Å². The Hall–Kier alpha value is -1.71. The van der Waals surface area contributed by atoms with Gasteiger partial charge in [-0.05, 0) is 24.6 Å². The monoisotopic (exact) mass is 286 g/mol. The molecule has 0 spiro atoms. The first kappa shape index (κ1) is 12.3. The van der Waals surface area contributed by atoms with E-state index < -0.39 is 0 Å². The molecule has 0 unspecified atom stereocenters. The normalized spacial score (nSPS) is 10.6. The van der Waals surface area contributed by atoms with Crippen molar-refractivity contribution in [1.29, 1.82) is 0 Å². The van der Waals surface area contributed by atoms with Crippen molar-refractivity contribution in [3.8, 4) is 21.8 Å². The largest absolute Gasteiger partial charge is 0.264 e. The number of pyridine rings is 1. The third kappa shape index (κ3) is 2.39. The van der Waals surface area contributed by atoms with Gasteiger partial charge in [-0.1, -0.05) is 29.8 Å². The predicted octanol–water partition coefficient (Wildman–Crippen LogP) is 4.83. The van der Waals surface area contributed by atoms with Gasteiger partial charge >= 0.3 is 0 Å². The minimum Gasteiger partial charge on any atom is -0.264 e. The van der Waals surface area contributed by atoms with Crippen molar-refractivity contribution in [2.24, 2.45) is 0 Å². The number of nitrogens with zero attached hydrogens (tertiary/aromatic N) is 2. The molecule has 94 valence electrons. The summed E-state index contributed by atoms with van der Waals surface area (Å²) in [5, 5.41) is 3.71. The number of benzene rings is 1. The van der Waals surface area contributed by atoms with Crippen molar-refractivity contribution in [2.75, 3.05) is 0 Å². The van der Waals surface area contributed by atoms with Crippen molar-refractivity contribution >= 4 is 22.9 Å². The second-order valence-electron chi connectivity index (χ2n) is 4.21. The highest BCUT2D eigenvalue weighted by Gasteiger charge is 2.10. The fourth-order valence-corrected chi connectivity index (χ4v) is 3.03. The van der Waals surface area contributed by atoms with Crippen molar-refractivity contribution in [3.63, 3.8) is 0 Å². The molecule has 0 bridgehead atoms. The van der Waals surface area contributed by atoms with Gasteiger partial charge in [0.1, 0.15) is 5.01 Å². The number of hydrogen-bond donors (Lipinski definition) is 0. The van der Waals surface area contributed by atoms with Crippen molar-refractivity contribution < 1.29 is 0 Å². The topological polar surface area (TPSA) is 25.8 Å². The van der Waals surface area contributed by atoms with E-state index in [-0.39, 0.29) is 0 Å². The molecule has 1 aromatic carbocycles.